The maximum absolute atomic E-state index is 12.7. The monoisotopic (exact) mass is 403 g/mol. The Morgan fingerprint density at radius 2 is 1.52 bits per heavy atom. The van der Waals surface area contributed by atoms with E-state index < -0.39 is 0 Å². The lowest BCUT2D eigenvalue weighted by Gasteiger charge is -2.21. The SMILES string of the molecule is CC(Nc1ccc(NC(=O)c2ccc3c(c2)Nc2ccccc2S3)cc1)=[N+](C)C. The number of fused-ring (bicyclic) bond motifs is 2. The molecule has 3 aromatic carbocycles. The number of carbonyl (C=O) groups is 1. The average molecular weight is 404 g/mol. The Bertz CT molecular complexity index is 1100. The molecule has 0 unspecified atom stereocenters. The zero-order valence-electron chi connectivity index (χ0n) is 16.6. The first-order chi connectivity index (χ1) is 14.0. The zero-order chi connectivity index (χ0) is 20.4. The standard InChI is InChI=1S/C23H22N4OS/c1-15(27(2)3)24-17-9-11-18(12-10-17)25-23(28)16-8-13-22-20(14-16)26-19-6-4-5-7-21(19)29-22/h4-14,26H,1-3H3,(H,25,28)/p+1. The number of nitrogens with zero attached hydrogens (tertiary/aromatic N) is 1. The predicted octanol–water partition coefficient (Wildman–Crippen LogP) is 5.25. The Morgan fingerprint density at radius 3 is 2.24 bits per heavy atom. The first-order valence-corrected chi connectivity index (χ1v) is 10.2. The molecule has 0 aliphatic carbocycles. The second-order valence-electron chi connectivity index (χ2n) is 7.07. The van der Waals surface area contributed by atoms with Crippen LogP contribution in [-0.2, 0) is 0 Å². The lowest BCUT2D eigenvalue weighted by Crippen LogP contribution is -2.18. The third-order valence-corrected chi connectivity index (χ3v) is 5.91. The van der Waals surface area contributed by atoms with E-state index in [0.29, 0.717) is 5.56 Å². The molecule has 6 heteroatoms. The Morgan fingerprint density at radius 1 is 0.862 bits per heavy atom. The molecule has 0 atom stereocenters. The molecule has 4 rings (SSSR count). The fourth-order valence-electron chi connectivity index (χ4n) is 2.94. The number of nitrogens with one attached hydrogen (secondary N) is 3. The molecule has 0 radical (unpaired) electrons. The van der Waals surface area contributed by atoms with E-state index in [0.717, 1.165) is 33.5 Å². The van der Waals surface area contributed by atoms with Crippen LogP contribution in [0.3, 0.4) is 0 Å². The van der Waals surface area contributed by atoms with Crippen LogP contribution in [0.15, 0.2) is 76.5 Å². The number of carbonyl (C=O) groups excluding carboxylic acids is 1. The molecule has 0 bridgehead atoms. The van der Waals surface area contributed by atoms with Crippen molar-refractivity contribution in [3.8, 4) is 0 Å². The molecular formula is C23H23N4OS+. The van der Waals surface area contributed by atoms with E-state index in [4.69, 9.17) is 0 Å². The van der Waals surface area contributed by atoms with Gasteiger partial charge in [0, 0.05) is 28.0 Å². The van der Waals surface area contributed by atoms with Crippen LogP contribution < -0.4 is 16.0 Å². The Labute approximate surface area is 174 Å². The van der Waals surface area contributed by atoms with E-state index in [9.17, 15) is 4.79 Å². The number of amides is 1. The fraction of sp³-hybridized carbons (Fsp3) is 0.130. The minimum atomic E-state index is -0.129. The van der Waals surface area contributed by atoms with Gasteiger partial charge in [-0.1, -0.05) is 23.9 Å². The van der Waals surface area contributed by atoms with Gasteiger partial charge in [0.1, 0.15) is 5.69 Å². The molecule has 1 aliphatic rings. The van der Waals surface area contributed by atoms with Crippen molar-refractivity contribution in [2.75, 3.05) is 30.0 Å². The number of anilines is 4. The molecule has 1 aliphatic heterocycles. The van der Waals surface area contributed by atoms with Crippen LogP contribution in [-0.4, -0.2) is 30.4 Å². The minimum absolute atomic E-state index is 0.129. The highest BCUT2D eigenvalue weighted by molar-refractivity contribution is 7.99. The zero-order valence-corrected chi connectivity index (χ0v) is 17.4. The van der Waals surface area contributed by atoms with Gasteiger partial charge in [0.05, 0.1) is 25.5 Å². The molecule has 0 saturated carbocycles. The quantitative estimate of drug-likeness (QED) is 0.248. The van der Waals surface area contributed by atoms with Crippen molar-refractivity contribution in [3.05, 3.63) is 72.3 Å². The van der Waals surface area contributed by atoms with E-state index >= 15 is 0 Å². The topological polar surface area (TPSA) is 56.2 Å². The minimum Gasteiger partial charge on any atom is -0.354 e. The molecule has 146 valence electrons. The van der Waals surface area contributed by atoms with E-state index in [1.807, 2.05) is 86.3 Å². The molecule has 0 saturated heterocycles. The lowest BCUT2D eigenvalue weighted by atomic mass is 10.1. The van der Waals surface area contributed by atoms with Crippen LogP contribution in [0.1, 0.15) is 17.3 Å². The van der Waals surface area contributed by atoms with Gasteiger partial charge in [-0.15, -0.1) is 0 Å². The van der Waals surface area contributed by atoms with Crippen LogP contribution in [0.4, 0.5) is 22.7 Å². The lowest BCUT2D eigenvalue weighted by molar-refractivity contribution is -0.464. The first-order valence-electron chi connectivity index (χ1n) is 9.37. The van der Waals surface area contributed by atoms with Gasteiger partial charge in [-0.25, -0.2) is 5.32 Å². The highest BCUT2D eigenvalue weighted by atomic mass is 32.2. The van der Waals surface area contributed by atoms with Crippen LogP contribution in [0.5, 0.6) is 0 Å². The predicted molar refractivity (Wildman–Crippen MR) is 121 cm³/mol. The summed E-state index contributed by atoms with van der Waals surface area (Å²) in [5, 5.41) is 9.70. The largest absolute Gasteiger partial charge is 0.354 e. The number of hydrogen-bond donors (Lipinski definition) is 3. The summed E-state index contributed by atoms with van der Waals surface area (Å²) in [6.45, 7) is 2.01. The molecule has 29 heavy (non-hydrogen) atoms. The number of benzene rings is 3. The van der Waals surface area contributed by atoms with Gasteiger partial charge in [-0.05, 0) is 54.6 Å². The summed E-state index contributed by atoms with van der Waals surface area (Å²) in [5.41, 5.74) is 4.37. The Kier molecular flexibility index (Phi) is 5.27. The molecular weight excluding hydrogens is 380 g/mol. The summed E-state index contributed by atoms with van der Waals surface area (Å²) >= 11 is 1.71. The molecule has 3 N–H and O–H groups in total. The second kappa shape index (κ2) is 8.01. The highest BCUT2D eigenvalue weighted by Crippen LogP contribution is 2.44. The molecule has 0 fully saturated rings. The van der Waals surface area contributed by atoms with Gasteiger partial charge in [0.2, 0.25) is 5.84 Å². The molecule has 1 amide bonds. The fourth-order valence-corrected chi connectivity index (χ4v) is 3.91. The van der Waals surface area contributed by atoms with Crippen molar-refractivity contribution < 1.29 is 9.37 Å². The summed E-state index contributed by atoms with van der Waals surface area (Å²) in [5.74, 6) is 0.915. The van der Waals surface area contributed by atoms with E-state index in [-0.39, 0.29) is 5.91 Å². The molecule has 1 heterocycles. The van der Waals surface area contributed by atoms with Crippen molar-refractivity contribution in [2.24, 2.45) is 0 Å². The molecule has 0 aromatic heterocycles. The van der Waals surface area contributed by atoms with Crippen molar-refractivity contribution in [1.82, 2.24) is 0 Å². The summed E-state index contributed by atoms with van der Waals surface area (Å²) < 4.78 is 2.01. The van der Waals surface area contributed by atoms with Gasteiger partial charge >= 0.3 is 0 Å². The Balaban J connectivity index is 1.46. The van der Waals surface area contributed by atoms with E-state index in [2.05, 4.69) is 22.0 Å². The number of rotatable bonds is 3. The number of amidine groups is 1. The van der Waals surface area contributed by atoms with Gasteiger partial charge in [-0.2, -0.15) is 0 Å². The van der Waals surface area contributed by atoms with Crippen LogP contribution >= 0.6 is 11.8 Å². The van der Waals surface area contributed by atoms with Crippen molar-refractivity contribution >= 4 is 46.3 Å². The summed E-state index contributed by atoms with van der Waals surface area (Å²) in [6.07, 6.45) is 0. The van der Waals surface area contributed by atoms with Crippen LogP contribution in [0.25, 0.3) is 0 Å². The van der Waals surface area contributed by atoms with Crippen LogP contribution in [0.2, 0.25) is 0 Å². The third kappa shape index (κ3) is 4.27. The molecule has 5 nitrogen and oxygen atoms in total. The van der Waals surface area contributed by atoms with E-state index in [1.54, 1.807) is 11.8 Å². The van der Waals surface area contributed by atoms with Crippen molar-refractivity contribution in [1.29, 1.82) is 0 Å². The number of para-hydroxylation sites is 1. The highest BCUT2D eigenvalue weighted by Gasteiger charge is 2.17. The maximum atomic E-state index is 12.7. The van der Waals surface area contributed by atoms with E-state index in [1.165, 1.54) is 4.90 Å². The molecule has 0 spiro atoms. The third-order valence-electron chi connectivity index (χ3n) is 4.76. The van der Waals surface area contributed by atoms with Crippen molar-refractivity contribution in [2.45, 2.75) is 16.7 Å². The van der Waals surface area contributed by atoms with Gasteiger partial charge < -0.3 is 10.6 Å². The first kappa shape index (κ1) is 19.1. The maximum Gasteiger partial charge on any atom is 0.255 e. The Hall–Kier alpha value is -3.25. The van der Waals surface area contributed by atoms with Crippen molar-refractivity contribution in [3.63, 3.8) is 0 Å². The normalized spacial score (nSPS) is 11.6. The summed E-state index contributed by atoms with van der Waals surface area (Å²) in [7, 11) is 3.98. The van der Waals surface area contributed by atoms with Gasteiger partial charge in [0.15, 0.2) is 0 Å². The molecule has 3 aromatic rings. The smallest absolute Gasteiger partial charge is 0.255 e. The van der Waals surface area contributed by atoms with Crippen LogP contribution in [0, 0.1) is 0 Å². The second-order valence-corrected chi connectivity index (χ2v) is 8.15. The summed E-state index contributed by atoms with van der Waals surface area (Å²) in [4.78, 5) is 15.0. The number of hydrogen-bond acceptors (Lipinski definition) is 3. The average Bonchev–Trinajstić information content (AvgIpc) is 2.73. The summed E-state index contributed by atoms with van der Waals surface area (Å²) in [6, 6.07) is 21.6. The van der Waals surface area contributed by atoms with Gasteiger partial charge in [-0.3, -0.25) is 9.37 Å². The van der Waals surface area contributed by atoms with Gasteiger partial charge in [0.25, 0.3) is 5.91 Å².